The van der Waals surface area contributed by atoms with Crippen molar-refractivity contribution in [2.45, 2.75) is 20.0 Å². The van der Waals surface area contributed by atoms with E-state index in [1.165, 1.54) is 0 Å². The average molecular weight is 256 g/mol. The van der Waals surface area contributed by atoms with E-state index in [0.717, 1.165) is 17.7 Å². The molecule has 0 amide bonds. The van der Waals surface area contributed by atoms with Crippen LogP contribution in [0.25, 0.3) is 0 Å². The predicted octanol–water partition coefficient (Wildman–Crippen LogP) is 1.19. The van der Waals surface area contributed by atoms with Gasteiger partial charge in [-0.25, -0.2) is 13.1 Å². The normalized spacial score (nSPS) is 12.0. The third-order valence-electron chi connectivity index (χ3n) is 2.47. The lowest BCUT2D eigenvalue weighted by atomic mass is 10.1. The molecule has 4 nitrogen and oxygen atoms in total. The molecule has 1 rings (SSSR count). The Balaban J connectivity index is 2.77. The van der Waals surface area contributed by atoms with Gasteiger partial charge in [0.05, 0.1) is 5.75 Å². The van der Waals surface area contributed by atoms with Crippen molar-refractivity contribution in [2.75, 3.05) is 19.8 Å². The van der Waals surface area contributed by atoms with Crippen LogP contribution in [0.3, 0.4) is 0 Å². The van der Waals surface area contributed by atoms with Crippen molar-refractivity contribution in [2.24, 2.45) is 0 Å². The van der Waals surface area contributed by atoms with Gasteiger partial charge in [-0.05, 0) is 32.1 Å². The van der Waals surface area contributed by atoms with Crippen LogP contribution in [0.2, 0.25) is 0 Å². The maximum Gasteiger partial charge on any atom is 0.211 e. The summed E-state index contributed by atoms with van der Waals surface area (Å²) >= 11 is 0. The molecule has 0 spiro atoms. The molecule has 5 heteroatoms. The molecule has 1 aromatic carbocycles. The fraction of sp³-hybridized carbons (Fsp3) is 0.500. The predicted molar refractivity (Wildman–Crippen MR) is 70.1 cm³/mol. The van der Waals surface area contributed by atoms with Gasteiger partial charge < -0.3 is 4.90 Å². The first-order valence-corrected chi connectivity index (χ1v) is 7.28. The molecule has 0 unspecified atom stereocenters. The molecule has 0 saturated heterocycles. The largest absolute Gasteiger partial charge is 0.305 e. The first-order valence-electron chi connectivity index (χ1n) is 5.63. The van der Waals surface area contributed by atoms with Gasteiger partial charge in [0.25, 0.3) is 0 Å². The van der Waals surface area contributed by atoms with Gasteiger partial charge in [0, 0.05) is 13.1 Å². The molecule has 1 aromatic rings. The molecular weight excluding hydrogens is 236 g/mol. The van der Waals surface area contributed by atoms with Crippen molar-refractivity contribution in [3.05, 3.63) is 35.4 Å². The summed E-state index contributed by atoms with van der Waals surface area (Å²) in [5.41, 5.74) is 2.18. The molecular formula is C12H20N2O2S. The van der Waals surface area contributed by atoms with Gasteiger partial charge in [-0.15, -0.1) is 0 Å². The first-order chi connectivity index (χ1) is 7.94. The Hall–Kier alpha value is -0.910. The van der Waals surface area contributed by atoms with Crippen LogP contribution >= 0.6 is 0 Å². The quantitative estimate of drug-likeness (QED) is 0.831. The highest BCUT2D eigenvalue weighted by molar-refractivity contribution is 7.89. The Labute approximate surface area is 104 Å². The lowest BCUT2D eigenvalue weighted by Crippen LogP contribution is -2.25. The lowest BCUT2D eigenvalue weighted by Gasteiger charge is -2.14. The fourth-order valence-electron chi connectivity index (χ4n) is 1.51. The number of rotatable bonds is 6. The van der Waals surface area contributed by atoms with Gasteiger partial charge in [0.15, 0.2) is 0 Å². The fourth-order valence-corrected chi connectivity index (χ4v) is 2.09. The molecule has 0 radical (unpaired) electrons. The minimum atomic E-state index is -3.13. The highest BCUT2D eigenvalue weighted by Gasteiger charge is 2.08. The second kappa shape index (κ2) is 6.14. The van der Waals surface area contributed by atoms with Crippen LogP contribution in [0.1, 0.15) is 18.1 Å². The SMILES string of the molecule is CCS(=O)(=O)NCc1ccccc1CN(C)C. The van der Waals surface area contributed by atoms with Gasteiger partial charge in [-0.2, -0.15) is 0 Å². The molecule has 1 N–H and O–H groups in total. The van der Waals surface area contributed by atoms with Crippen LogP contribution in [0.15, 0.2) is 24.3 Å². The summed E-state index contributed by atoms with van der Waals surface area (Å²) in [6.07, 6.45) is 0. The van der Waals surface area contributed by atoms with Crippen LogP contribution in [0.4, 0.5) is 0 Å². The Kier molecular flexibility index (Phi) is 5.11. The molecule has 0 heterocycles. The second-order valence-electron chi connectivity index (χ2n) is 4.23. The first kappa shape index (κ1) is 14.2. The van der Waals surface area contributed by atoms with E-state index in [2.05, 4.69) is 9.62 Å². The minimum absolute atomic E-state index is 0.114. The standard InChI is InChI=1S/C12H20N2O2S/c1-4-17(15,16)13-9-11-7-5-6-8-12(11)10-14(2)3/h5-8,13H,4,9-10H2,1-3H3. The van der Waals surface area contributed by atoms with Crippen molar-refractivity contribution < 1.29 is 8.42 Å². The Bertz CT molecular complexity index is 455. The Morgan fingerprint density at radius 3 is 2.29 bits per heavy atom. The lowest BCUT2D eigenvalue weighted by molar-refractivity contribution is 0.400. The van der Waals surface area contributed by atoms with Gasteiger partial charge in [-0.1, -0.05) is 24.3 Å². The van der Waals surface area contributed by atoms with E-state index in [1.54, 1.807) is 6.92 Å². The van der Waals surface area contributed by atoms with Crippen LogP contribution < -0.4 is 4.72 Å². The number of benzene rings is 1. The number of sulfonamides is 1. The smallest absolute Gasteiger partial charge is 0.211 e. The molecule has 0 aromatic heterocycles. The zero-order valence-electron chi connectivity index (χ0n) is 10.6. The van der Waals surface area contributed by atoms with Crippen LogP contribution in [0, 0.1) is 0 Å². The Morgan fingerprint density at radius 2 is 1.76 bits per heavy atom. The van der Waals surface area contributed by atoms with E-state index in [4.69, 9.17) is 0 Å². The maximum absolute atomic E-state index is 11.4. The van der Waals surface area contributed by atoms with Gasteiger partial charge >= 0.3 is 0 Å². The number of hydrogen-bond acceptors (Lipinski definition) is 3. The van der Waals surface area contributed by atoms with Crippen LogP contribution in [-0.4, -0.2) is 33.2 Å². The van der Waals surface area contributed by atoms with E-state index < -0.39 is 10.0 Å². The topological polar surface area (TPSA) is 49.4 Å². The van der Waals surface area contributed by atoms with Gasteiger partial charge in [0.2, 0.25) is 10.0 Å². The summed E-state index contributed by atoms with van der Waals surface area (Å²) < 4.78 is 25.4. The summed E-state index contributed by atoms with van der Waals surface area (Å²) in [5, 5.41) is 0. The zero-order chi connectivity index (χ0) is 12.9. The summed E-state index contributed by atoms with van der Waals surface area (Å²) in [4.78, 5) is 2.06. The molecule has 0 aliphatic heterocycles. The van der Waals surface area contributed by atoms with E-state index in [9.17, 15) is 8.42 Å². The monoisotopic (exact) mass is 256 g/mol. The average Bonchev–Trinajstić information content (AvgIpc) is 2.27. The van der Waals surface area contributed by atoms with Crippen molar-refractivity contribution in [3.8, 4) is 0 Å². The summed E-state index contributed by atoms with van der Waals surface area (Å²) in [6, 6.07) is 7.87. The van der Waals surface area contributed by atoms with Crippen LogP contribution in [-0.2, 0) is 23.1 Å². The van der Waals surface area contributed by atoms with Gasteiger partial charge in [-0.3, -0.25) is 0 Å². The highest BCUT2D eigenvalue weighted by Crippen LogP contribution is 2.10. The van der Waals surface area contributed by atoms with E-state index in [0.29, 0.717) is 6.54 Å². The Morgan fingerprint density at radius 1 is 1.18 bits per heavy atom. The molecule has 0 bridgehead atoms. The molecule has 96 valence electrons. The highest BCUT2D eigenvalue weighted by atomic mass is 32.2. The summed E-state index contributed by atoms with van der Waals surface area (Å²) in [6.45, 7) is 2.80. The molecule has 0 atom stereocenters. The van der Waals surface area contributed by atoms with Crippen molar-refractivity contribution in [1.29, 1.82) is 0 Å². The number of nitrogens with one attached hydrogen (secondary N) is 1. The molecule has 0 saturated carbocycles. The number of nitrogens with zero attached hydrogens (tertiary/aromatic N) is 1. The third-order valence-corrected chi connectivity index (χ3v) is 3.81. The van der Waals surface area contributed by atoms with Gasteiger partial charge in [0.1, 0.15) is 0 Å². The number of hydrogen-bond donors (Lipinski definition) is 1. The van der Waals surface area contributed by atoms with Crippen LogP contribution in [0.5, 0.6) is 0 Å². The molecule has 0 aliphatic rings. The zero-order valence-corrected chi connectivity index (χ0v) is 11.4. The van der Waals surface area contributed by atoms with Crippen molar-refractivity contribution in [1.82, 2.24) is 9.62 Å². The second-order valence-corrected chi connectivity index (χ2v) is 6.33. The maximum atomic E-state index is 11.4. The van der Waals surface area contributed by atoms with E-state index >= 15 is 0 Å². The molecule has 0 aliphatic carbocycles. The van der Waals surface area contributed by atoms with Crippen molar-refractivity contribution >= 4 is 10.0 Å². The molecule has 17 heavy (non-hydrogen) atoms. The summed E-state index contributed by atoms with van der Waals surface area (Å²) in [5.74, 6) is 0.114. The minimum Gasteiger partial charge on any atom is -0.305 e. The third kappa shape index (κ3) is 4.85. The van der Waals surface area contributed by atoms with Crippen molar-refractivity contribution in [3.63, 3.8) is 0 Å². The van der Waals surface area contributed by atoms with E-state index in [1.807, 2.05) is 38.4 Å². The molecule has 0 fully saturated rings. The van der Waals surface area contributed by atoms with E-state index in [-0.39, 0.29) is 5.75 Å². The summed E-state index contributed by atoms with van der Waals surface area (Å²) in [7, 11) is 0.860.